The van der Waals surface area contributed by atoms with Gasteiger partial charge in [0.2, 0.25) is 0 Å². The van der Waals surface area contributed by atoms with Crippen LogP contribution in [0.5, 0.6) is 0 Å². The Balaban J connectivity index is 0.00000256. The van der Waals surface area contributed by atoms with Gasteiger partial charge in [-0.1, -0.05) is 35.9 Å². The number of aromatic nitrogens is 1. The number of nitrogens with zero attached hydrogens (tertiary/aromatic N) is 1. The summed E-state index contributed by atoms with van der Waals surface area (Å²) in [5.74, 6) is -1.85. The van der Waals surface area contributed by atoms with Gasteiger partial charge < -0.3 is 15.2 Å². The van der Waals surface area contributed by atoms with Crippen molar-refractivity contribution in [1.82, 2.24) is 4.98 Å². The van der Waals surface area contributed by atoms with Gasteiger partial charge in [-0.2, -0.15) is 0 Å². The van der Waals surface area contributed by atoms with Crippen molar-refractivity contribution >= 4 is 40.1 Å². The van der Waals surface area contributed by atoms with Crippen molar-refractivity contribution in [3.05, 3.63) is 95.1 Å². The molecule has 1 N–H and O–H groups in total. The molecule has 0 bridgehead atoms. The number of anilines is 1. The molecule has 0 saturated heterocycles. The maximum Gasteiger partial charge on any atom is 1.00 e. The number of amides is 1. The minimum absolute atomic E-state index is 0. The van der Waals surface area contributed by atoms with Crippen molar-refractivity contribution in [3.63, 3.8) is 0 Å². The summed E-state index contributed by atoms with van der Waals surface area (Å²) in [6.07, 6.45) is 1.74. The van der Waals surface area contributed by atoms with Crippen molar-refractivity contribution < 1.29 is 44.3 Å². The SMILES string of the molecule is O=C(Nc1ccc(Cl)cc1C(=O)[O-])c1cccc(-c2ccc3ncccc3c2)c1.[Na+]. The standard InChI is InChI=1S/C23H15ClN2O3.Na/c24-18-7-9-21(19(13-18)23(28)29)26-22(27)17-4-1-3-14(12-17)15-6-8-20-16(11-15)5-2-10-25-20;/h1-13H,(H,26,27)(H,28,29);/q;+1/p-1. The van der Waals surface area contributed by atoms with Crippen LogP contribution in [-0.4, -0.2) is 16.9 Å². The molecule has 4 rings (SSSR count). The molecule has 1 heterocycles. The van der Waals surface area contributed by atoms with Crippen molar-refractivity contribution in [1.29, 1.82) is 0 Å². The molecule has 1 amide bonds. The second kappa shape index (κ2) is 9.41. The number of halogens is 1. The van der Waals surface area contributed by atoms with E-state index in [9.17, 15) is 14.7 Å². The number of fused-ring (bicyclic) bond motifs is 1. The molecule has 4 aromatic rings. The van der Waals surface area contributed by atoms with Crippen LogP contribution in [-0.2, 0) is 0 Å². The quantitative estimate of drug-likeness (QED) is 0.499. The van der Waals surface area contributed by atoms with Crippen molar-refractivity contribution in [2.45, 2.75) is 0 Å². The van der Waals surface area contributed by atoms with Gasteiger partial charge in [0.05, 0.1) is 17.2 Å². The van der Waals surface area contributed by atoms with Gasteiger partial charge in [0, 0.05) is 27.7 Å². The fourth-order valence-electron chi connectivity index (χ4n) is 3.08. The summed E-state index contributed by atoms with van der Waals surface area (Å²) < 4.78 is 0. The van der Waals surface area contributed by atoms with E-state index in [1.807, 2.05) is 36.4 Å². The third kappa shape index (κ3) is 4.71. The number of benzene rings is 3. The molecule has 0 unspecified atom stereocenters. The molecule has 5 nitrogen and oxygen atoms in total. The van der Waals surface area contributed by atoms with Crippen molar-refractivity contribution in [2.75, 3.05) is 5.32 Å². The van der Waals surface area contributed by atoms with Gasteiger partial charge >= 0.3 is 29.6 Å². The van der Waals surface area contributed by atoms with Crippen LogP contribution in [0.3, 0.4) is 0 Å². The number of carbonyl (C=O) groups excluding carboxylic acids is 2. The predicted octanol–water partition coefficient (Wildman–Crippen LogP) is 1.17. The number of pyridine rings is 1. The first-order chi connectivity index (χ1) is 14.0. The molecule has 0 radical (unpaired) electrons. The minimum Gasteiger partial charge on any atom is -0.545 e. The number of carboxylic acid groups (broad SMARTS) is 1. The molecule has 142 valence electrons. The Hall–Kier alpha value is -2.70. The number of aromatic carboxylic acids is 1. The Morgan fingerprint density at radius 3 is 2.50 bits per heavy atom. The third-order valence-electron chi connectivity index (χ3n) is 4.51. The molecule has 1 aromatic heterocycles. The van der Waals surface area contributed by atoms with E-state index >= 15 is 0 Å². The van der Waals surface area contributed by atoms with E-state index < -0.39 is 11.9 Å². The van der Waals surface area contributed by atoms with E-state index in [0.717, 1.165) is 22.0 Å². The van der Waals surface area contributed by atoms with Crippen LogP contribution in [0.25, 0.3) is 22.0 Å². The summed E-state index contributed by atoms with van der Waals surface area (Å²) in [5, 5.41) is 15.2. The predicted molar refractivity (Wildman–Crippen MR) is 111 cm³/mol. The molecule has 0 spiro atoms. The number of carbonyl (C=O) groups is 2. The number of nitrogens with one attached hydrogen (secondary N) is 1. The monoisotopic (exact) mass is 424 g/mol. The number of hydrogen-bond donors (Lipinski definition) is 1. The number of hydrogen-bond acceptors (Lipinski definition) is 4. The summed E-state index contributed by atoms with van der Waals surface area (Å²) >= 11 is 5.84. The maximum absolute atomic E-state index is 12.7. The Kier molecular flexibility index (Phi) is 6.90. The summed E-state index contributed by atoms with van der Waals surface area (Å²) in [5.41, 5.74) is 3.04. The second-order valence-electron chi connectivity index (χ2n) is 6.42. The molecule has 3 aromatic carbocycles. The summed E-state index contributed by atoms with van der Waals surface area (Å²) in [4.78, 5) is 28.3. The first-order valence-corrected chi connectivity index (χ1v) is 9.16. The molecule has 0 atom stereocenters. The average molecular weight is 425 g/mol. The Morgan fingerprint density at radius 1 is 0.900 bits per heavy atom. The van der Waals surface area contributed by atoms with Crippen molar-refractivity contribution in [2.24, 2.45) is 0 Å². The van der Waals surface area contributed by atoms with Crippen LogP contribution in [0.2, 0.25) is 5.02 Å². The van der Waals surface area contributed by atoms with E-state index in [1.54, 1.807) is 24.4 Å². The summed E-state index contributed by atoms with van der Waals surface area (Å²) in [7, 11) is 0. The van der Waals surface area contributed by atoms with Crippen molar-refractivity contribution in [3.8, 4) is 11.1 Å². The van der Waals surface area contributed by atoms with Gasteiger partial charge in [-0.25, -0.2) is 0 Å². The van der Waals surface area contributed by atoms with Gasteiger partial charge in [0.25, 0.3) is 5.91 Å². The van der Waals surface area contributed by atoms with Crippen LogP contribution in [0.4, 0.5) is 5.69 Å². The third-order valence-corrected chi connectivity index (χ3v) is 4.75. The van der Waals surface area contributed by atoms with E-state index in [0.29, 0.717) is 5.56 Å². The molecular weight excluding hydrogens is 411 g/mol. The zero-order valence-electron chi connectivity index (χ0n) is 16.1. The molecular formula is C23H14ClN2NaO3. The fourth-order valence-corrected chi connectivity index (χ4v) is 3.26. The minimum atomic E-state index is -1.42. The van der Waals surface area contributed by atoms with Crippen LogP contribution in [0, 0.1) is 0 Å². The van der Waals surface area contributed by atoms with Crippen LogP contribution in [0.15, 0.2) is 79.0 Å². The van der Waals surface area contributed by atoms with Gasteiger partial charge in [0.1, 0.15) is 0 Å². The smallest absolute Gasteiger partial charge is 0.545 e. The van der Waals surface area contributed by atoms with E-state index in [4.69, 9.17) is 11.6 Å². The summed E-state index contributed by atoms with van der Waals surface area (Å²) in [6, 6.07) is 21.0. The molecule has 0 aliphatic rings. The first-order valence-electron chi connectivity index (χ1n) is 8.79. The molecule has 0 aliphatic heterocycles. The van der Waals surface area contributed by atoms with Gasteiger partial charge in [-0.3, -0.25) is 9.78 Å². The molecule has 30 heavy (non-hydrogen) atoms. The van der Waals surface area contributed by atoms with E-state index in [2.05, 4.69) is 10.3 Å². The fraction of sp³-hybridized carbons (Fsp3) is 0. The average Bonchev–Trinajstić information content (AvgIpc) is 2.74. The Morgan fingerprint density at radius 2 is 1.70 bits per heavy atom. The maximum atomic E-state index is 12.7. The van der Waals surface area contributed by atoms with Gasteiger partial charge in [0.15, 0.2) is 0 Å². The van der Waals surface area contributed by atoms with Gasteiger partial charge in [-0.05, 0) is 59.7 Å². The summed E-state index contributed by atoms with van der Waals surface area (Å²) in [6.45, 7) is 0. The second-order valence-corrected chi connectivity index (χ2v) is 6.86. The largest absolute Gasteiger partial charge is 1.00 e. The van der Waals surface area contributed by atoms with E-state index in [-0.39, 0.29) is 45.8 Å². The molecule has 0 fully saturated rings. The molecule has 0 saturated carbocycles. The van der Waals surface area contributed by atoms with Crippen LogP contribution >= 0.6 is 11.6 Å². The zero-order valence-corrected chi connectivity index (χ0v) is 18.8. The first kappa shape index (κ1) is 22.0. The van der Waals surface area contributed by atoms with Crippen LogP contribution in [0.1, 0.15) is 20.7 Å². The van der Waals surface area contributed by atoms with E-state index in [1.165, 1.54) is 18.2 Å². The zero-order chi connectivity index (χ0) is 20.4. The van der Waals surface area contributed by atoms with Gasteiger partial charge in [-0.15, -0.1) is 0 Å². The number of carboxylic acids is 1. The molecule has 0 aliphatic carbocycles. The van der Waals surface area contributed by atoms with Crippen LogP contribution < -0.4 is 40.0 Å². The Bertz CT molecular complexity index is 1260. The Labute approximate surface area is 200 Å². The normalized spacial score (nSPS) is 10.3. The number of rotatable bonds is 4. The molecule has 7 heteroatoms. The topological polar surface area (TPSA) is 82.1 Å².